The van der Waals surface area contributed by atoms with E-state index in [-0.39, 0.29) is 0 Å². The van der Waals surface area contributed by atoms with Crippen molar-refractivity contribution >= 4 is 87.5 Å². The Kier molecular flexibility index (Phi) is 7.91. The zero-order valence-corrected chi connectivity index (χ0v) is 31.8. The monoisotopic (exact) mass is 724 g/mol. The molecule has 2 heteroatoms. The highest BCUT2D eigenvalue weighted by Crippen LogP contribution is 2.49. The Morgan fingerprint density at radius 1 is 0.500 bits per heavy atom. The van der Waals surface area contributed by atoms with Crippen LogP contribution in [0.2, 0.25) is 0 Å². The van der Waals surface area contributed by atoms with Crippen molar-refractivity contribution in [1.82, 2.24) is 0 Å². The summed E-state index contributed by atoms with van der Waals surface area (Å²) >= 11 is 3.62. The average molecular weight is 725 g/mol. The summed E-state index contributed by atoms with van der Waals surface area (Å²) in [6.45, 7) is 8.77. The lowest BCUT2D eigenvalue weighted by molar-refractivity contribution is 1.55. The largest absolute Gasteiger partial charge is 0.151 e. The summed E-state index contributed by atoms with van der Waals surface area (Å²) in [5.74, 6) is 0. The average Bonchev–Trinajstić information content (AvgIpc) is 3.82. The summed E-state index contributed by atoms with van der Waals surface area (Å²) in [5.41, 5.74) is 12.8. The van der Waals surface area contributed by atoms with E-state index in [1.165, 1.54) is 114 Å². The predicted octanol–water partition coefficient (Wildman–Crippen LogP) is 16.0. The van der Waals surface area contributed by atoms with Gasteiger partial charge in [0.15, 0.2) is 0 Å². The van der Waals surface area contributed by atoms with Gasteiger partial charge in [-0.05, 0) is 124 Å². The van der Waals surface area contributed by atoms with Crippen LogP contribution in [0.3, 0.4) is 0 Å². The number of allylic oxidation sites excluding steroid dienone is 1. The summed E-state index contributed by atoms with van der Waals surface area (Å²) in [6.07, 6.45) is 4.36. The van der Waals surface area contributed by atoms with Gasteiger partial charge in [0.25, 0.3) is 0 Å². The number of benzene rings is 8. The molecule has 0 nitrogen and oxygen atoms in total. The first-order valence-electron chi connectivity index (χ1n) is 18.5. The molecule has 0 fully saturated rings. The molecule has 2 aromatic heterocycles. The smallest absolute Gasteiger partial charge is 0.0361 e. The summed E-state index contributed by atoms with van der Waals surface area (Å²) in [4.78, 5) is 1.19. The van der Waals surface area contributed by atoms with Gasteiger partial charge in [-0.25, -0.2) is 0 Å². The van der Waals surface area contributed by atoms with Gasteiger partial charge in [-0.15, -0.1) is 11.3 Å². The van der Waals surface area contributed by atoms with Gasteiger partial charge in [0.1, 0.15) is 0 Å². The molecule has 0 spiro atoms. The lowest BCUT2D eigenvalue weighted by Crippen LogP contribution is -1.96. The van der Waals surface area contributed by atoms with E-state index >= 15 is 0 Å². The van der Waals surface area contributed by atoms with E-state index in [4.69, 9.17) is 0 Å². The minimum Gasteiger partial charge on any atom is -0.151 e. The summed E-state index contributed by atoms with van der Waals surface area (Å²) in [6, 6.07) is 53.7. The summed E-state index contributed by atoms with van der Waals surface area (Å²) in [5, 5.41) is 16.0. The molecule has 256 valence electrons. The fourth-order valence-electron chi connectivity index (χ4n) is 8.79. The second kappa shape index (κ2) is 13.1. The van der Waals surface area contributed by atoms with Crippen molar-refractivity contribution in [3.63, 3.8) is 0 Å². The zero-order valence-electron chi connectivity index (χ0n) is 30.2. The Bertz CT molecular complexity index is 3020. The highest BCUT2D eigenvalue weighted by atomic mass is 32.1. The zero-order chi connectivity index (χ0) is 36.3. The van der Waals surface area contributed by atoms with Gasteiger partial charge in [0.05, 0.1) is 0 Å². The minimum absolute atomic E-state index is 1.19. The first-order valence-corrected chi connectivity index (χ1v) is 20.2. The van der Waals surface area contributed by atoms with Crippen molar-refractivity contribution in [1.29, 1.82) is 0 Å². The van der Waals surface area contributed by atoms with Crippen LogP contribution in [0.4, 0.5) is 0 Å². The molecule has 0 aliphatic heterocycles. The van der Waals surface area contributed by atoms with E-state index in [0.29, 0.717) is 0 Å². The third-order valence-corrected chi connectivity index (χ3v) is 13.1. The molecule has 0 radical (unpaired) electrons. The van der Waals surface area contributed by atoms with E-state index in [0.717, 1.165) is 0 Å². The highest BCUT2D eigenvalue weighted by Gasteiger charge is 2.23. The number of hydrogen-bond acceptors (Lipinski definition) is 2. The SMILES string of the molecule is C=Cc1sc2cc(-c3c4ccccc4c(-c4cscc4C)c4ccccc34)ccc2c1/C(=C\C)c1c2ccccc2c(-c2ccccc2)c2ccccc12. The van der Waals surface area contributed by atoms with Crippen LogP contribution >= 0.6 is 22.7 Å². The molecule has 0 saturated heterocycles. The molecule has 0 unspecified atom stereocenters. The Balaban J connectivity index is 1.22. The standard InChI is InChI=1S/C52H36S2/c1-4-35(50-40-23-13-9-19-36(40)48(33-17-7-6-8-18-33)37-20-10-14-24-41(37)50)52-44-28-27-34(29-47(44)54-46(52)5-2)49-38-21-11-15-25-42(38)51(45-31-53-30-32(45)3)43-26-16-12-22-39(43)49/h4-31H,2H2,1,3H3/b35-4-. The van der Waals surface area contributed by atoms with Crippen molar-refractivity contribution in [2.75, 3.05) is 0 Å². The van der Waals surface area contributed by atoms with E-state index in [9.17, 15) is 0 Å². The van der Waals surface area contributed by atoms with E-state index in [1.807, 2.05) is 11.3 Å². The first-order chi connectivity index (χ1) is 26.7. The Morgan fingerprint density at radius 3 is 1.52 bits per heavy atom. The molecule has 0 aliphatic rings. The van der Waals surface area contributed by atoms with Crippen LogP contribution in [0.15, 0.2) is 169 Å². The molecule has 2 heterocycles. The molecular formula is C52H36S2. The van der Waals surface area contributed by atoms with Crippen LogP contribution in [0.1, 0.15) is 28.5 Å². The van der Waals surface area contributed by atoms with Crippen molar-refractivity contribution in [2.45, 2.75) is 13.8 Å². The molecule has 10 aromatic rings. The molecule has 54 heavy (non-hydrogen) atoms. The second-order valence-electron chi connectivity index (χ2n) is 14.0. The molecule has 0 aliphatic carbocycles. The molecular weight excluding hydrogens is 689 g/mol. The number of rotatable bonds is 6. The van der Waals surface area contributed by atoms with E-state index in [1.54, 1.807) is 11.3 Å². The van der Waals surface area contributed by atoms with Crippen LogP contribution in [0.25, 0.3) is 98.2 Å². The maximum Gasteiger partial charge on any atom is 0.0361 e. The summed E-state index contributed by atoms with van der Waals surface area (Å²) in [7, 11) is 0. The molecule has 0 N–H and O–H groups in total. The van der Waals surface area contributed by atoms with Crippen LogP contribution < -0.4 is 0 Å². The fourth-order valence-corrected chi connectivity index (χ4v) is 10.7. The van der Waals surface area contributed by atoms with Crippen molar-refractivity contribution in [3.8, 4) is 33.4 Å². The Labute approximate surface area is 323 Å². The van der Waals surface area contributed by atoms with E-state index in [2.05, 4.69) is 189 Å². The fraction of sp³-hybridized carbons (Fsp3) is 0.0385. The van der Waals surface area contributed by atoms with Crippen LogP contribution in [0.5, 0.6) is 0 Å². The third-order valence-electron chi connectivity index (χ3n) is 11.1. The van der Waals surface area contributed by atoms with Crippen LogP contribution in [-0.4, -0.2) is 0 Å². The van der Waals surface area contributed by atoms with Crippen molar-refractivity contribution < 1.29 is 0 Å². The Morgan fingerprint density at radius 2 is 1.00 bits per heavy atom. The van der Waals surface area contributed by atoms with Crippen LogP contribution in [0, 0.1) is 6.92 Å². The normalized spacial score (nSPS) is 12.1. The number of thiophene rings is 2. The molecule has 0 atom stereocenters. The lowest BCUT2D eigenvalue weighted by atomic mass is 9.83. The molecule has 10 rings (SSSR count). The number of fused-ring (bicyclic) bond motifs is 5. The maximum atomic E-state index is 4.36. The second-order valence-corrected chi connectivity index (χ2v) is 15.8. The van der Waals surface area contributed by atoms with E-state index < -0.39 is 0 Å². The highest BCUT2D eigenvalue weighted by molar-refractivity contribution is 7.20. The quantitative estimate of drug-likeness (QED) is 0.150. The van der Waals surface area contributed by atoms with Gasteiger partial charge >= 0.3 is 0 Å². The topological polar surface area (TPSA) is 0 Å². The molecule has 8 aromatic carbocycles. The third kappa shape index (κ3) is 4.95. The molecule has 0 saturated carbocycles. The summed E-state index contributed by atoms with van der Waals surface area (Å²) < 4.78 is 1.26. The maximum absolute atomic E-state index is 4.36. The van der Waals surface area contributed by atoms with Crippen molar-refractivity contribution in [3.05, 3.63) is 191 Å². The predicted molar refractivity (Wildman–Crippen MR) is 240 cm³/mol. The molecule has 0 bridgehead atoms. The minimum atomic E-state index is 1.19. The Hall–Kier alpha value is -6.06. The molecule has 0 amide bonds. The van der Waals surface area contributed by atoms with Gasteiger partial charge < -0.3 is 0 Å². The van der Waals surface area contributed by atoms with Gasteiger partial charge in [0, 0.05) is 20.5 Å². The first kappa shape index (κ1) is 32.6. The van der Waals surface area contributed by atoms with Gasteiger partial charge in [-0.1, -0.05) is 158 Å². The van der Waals surface area contributed by atoms with Gasteiger partial charge in [0.2, 0.25) is 0 Å². The van der Waals surface area contributed by atoms with Crippen LogP contribution in [-0.2, 0) is 0 Å². The lowest BCUT2D eigenvalue weighted by Gasteiger charge is -2.20. The van der Waals surface area contributed by atoms with Gasteiger partial charge in [-0.2, -0.15) is 11.3 Å². The van der Waals surface area contributed by atoms with Gasteiger partial charge in [-0.3, -0.25) is 0 Å². The number of aryl methyl sites for hydroxylation is 1. The van der Waals surface area contributed by atoms with Crippen molar-refractivity contribution in [2.24, 2.45) is 0 Å². The number of hydrogen-bond donors (Lipinski definition) is 0.